The highest BCUT2D eigenvalue weighted by Gasteiger charge is 2.08. The zero-order valence-electron chi connectivity index (χ0n) is 13.8. The van der Waals surface area contributed by atoms with E-state index < -0.39 is 0 Å². The highest BCUT2D eigenvalue weighted by molar-refractivity contribution is 7.71. The fourth-order valence-corrected chi connectivity index (χ4v) is 2.76. The molecule has 0 bridgehead atoms. The third-order valence-corrected chi connectivity index (χ3v) is 4.15. The highest BCUT2D eigenvalue weighted by atomic mass is 32.1. The lowest BCUT2D eigenvalue weighted by Crippen LogP contribution is -1.96. The number of pyridine rings is 1. The molecule has 4 rings (SSSR count). The van der Waals surface area contributed by atoms with Crippen LogP contribution in [0.1, 0.15) is 5.56 Å². The quantitative estimate of drug-likeness (QED) is 0.430. The second-order valence-electron chi connectivity index (χ2n) is 5.61. The van der Waals surface area contributed by atoms with E-state index in [1.54, 1.807) is 17.1 Å². The second kappa shape index (κ2) is 7.25. The van der Waals surface area contributed by atoms with E-state index >= 15 is 0 Å². The van der Waals surface area contributed by atoms with Crippen molar-refractivity contribution in [1.82, 2.24) is 19.9 Å². The SMILES string of the molecule is S=c1[nH]nc(-c2ccccn2)n1/N=C\c1ccc(-c2ccccc2)cc1. The molecule has 26 heavy (non-hydrogen) atoms. The number of rotatable bonds is 4. The molecule has 0 saturated heterocycles. The smallest absolute Gasteiger partial charge is 0.216 e. The third-order valence-electron chi connectivity index (χ3n) is 3.88. The summed E-state index contributed by atoms with van der Waals surface area (Å²) < 4.78 is 1.99. The predicted octanol–water partition coefficient (Wildman–Crippen LogP) is 4.55. The Morgan fingerprint density at radius 2 is 1.62 bits per heavy atom. The Labute approximate surface area is 155 Å². The lowest BCUT2D eigenvalue weighted by atomic mass is 10.0. The summed E-state index contributed by atoms with van der Waals surface area (Å²) >= 11 is 5.28. The van der Waals surface area contributed by atoms with Crippen molar-refractivity contribution < 1.29 is 0 Å². The molecule has 6 heteroatoms. The van der Waals surface area contributed by atoms with Crippen molar-refractivity contribution in [1.29, 1.82) is 0 Å². The summed E-state index contributed by atoms with van der Waals surface area (Å²) in [5.74, 6) is 0.577. The van der Waals surface area contributed by atoms with E-state index in [9.17, 15) is 0 Å². The maximum atomic E-state index is 5.28. The molecule has 0 radical (unpaired) electrons. The van der Waals surface area contributed by atoms with Gasteiger partial charge in [0, 0.05) is 6.20 Å². The maximum Gasteiger partial charge on any atom is 0.216 e. The van der Waals surface area contributed by atoms with Gasteiger partial charge in [0.05, 0.1) is 6.21 Å². The molecule has 0 aliphatic heterocycles. The molecule has 0 atom stereocenters. The van der Waals surface area contributed by atoms with Crippen LogP contribution in [0.4, 0.5) is 0 Å². The van der Waals surface area contributed by atoms with Crippen LogP contribution < -0.4 is 0 Å². The van der Waals surface area contributed by atoms with Gasteiger partial charge in [-0.3, -0.25) is 4.98 Å². The van der Waals surface area contributed by atoms with E-state index in [2.05, 4.69) is 44.5 Å². The lowest BCUT2D eigenvalue weighted by Gasteiger charge is -2.02. The first-order valence-corrected chi connectivity index (χ1v) is 8.51. The Hall–Kier alpha value is -3.38. The first-order valence-electron chi connectivity index (χ1n) is 8.10. The summed E-state index contributed by atoms with van der Waals surface area (Å²) in [6.07, 6.45) is 3.47. The van der Waals surface area contributed by atoms with Crippen LogP contribution in [0.2, 0.25) is 0 Å². The number of benzene rings is 2. The number of H-pyrrole nitrogens is 1. The summed E-state index contributed by atoms with van der Waals surface area (Å²) in [5.41, 5.74) is 4.03. The Bertz CT molecular complexity index is 1080. The summed E-state index contributed by atoms with van der Waals surface area (Å²) in [4.78, 5) is 4.30. The standard InChI is InChI=1S/C20H15N5S/c26-20-24-23-19(18-8-4-5-13-21-18)25(20)22-14-15-9-11-17(12-10-15)16-6-2-1-3-7-16/h1-14H,(H,24,26)/b22-14-. The van der Waals surface area contributed by atoms with E-state index in [0.29, 0.717) is 16.3 Å². The molecule has 2 heterocycles. The van der Waals surface area contributed by atoms with Gasteiger partial charge in [0.15, 0.2) is 0 Å². The molecule has 0 saturated carbocycles. The van der Waals surface area contributed by atoms with Crippen LogP contribution >= 0.6 is 12.2 Å². The van der Waals surface area contributed by atoms with Crippen LogP contribution in [0.5, 0.6) is 0 Å². The van der Waals surface area contributed by atoms with Crippen molar-refractivity contribution in [2.75, 3.05) is 0 Å². The zero-order valence-corrected chi connectivity index (χ0v) is 14.6. The number of aromatic amines is 1. The summed E-state index contributed by atoms with van der Waals surface area (Å²) in [7, 11) is 0. The van der Waals surface area contributed by atoms with Gasteiger partial charge in [0.2, 0.25) is 10.6 Å². The third kappa shape index (κ3) is 3.36. The predicted molar refractivity (Wildman–Crippen MR) is 106 cm³/mol. The van der Waals surface area contributed by atoms with Gasteiger partial charge in [-0.25, -0.2) is 5.10 Å². The van der Waals surface area contributed by atoms with Crippen molar-refractivity contribution in [2.45, 2.75) is 0 Å². The van der Waals surface area contributed by atoms with Crippen LogP contribution in [0, 0.1) is 4.77 Å². The van der Waals surface area contributed by atoms with Crippen LogP contribution in [0.3, 0.4) is 0 Å². The minimum Gasteiger partial charge on any atom is -0.253 e. The number of nitrogens with one attached hydrogen (secondary N) is 1. The average molecular weight is 357 g/mol. The summed E-state index contributed by atoms with van der Waals surface area (Å²) in [6, 6.07) is 24.1. The first kappa shape index (κ1) is 16.1. The van der Waals surface area contributed by atoms with Crippen molar-refractivity contribution in [3.8, 4) is 22.6 Å². The Kier molecular flexibility index (Phi) is 4.49. The maximum absolute atomic E-state index is 5.28. The summed E-state index contributed by atoms with van der Waals surface area (Å²) in [6.45, 7) is 0. The molecule has 0 spiro atoms. The van der Waals surface area contributed by atoms with Gasteiger partial charge < -0.3 is 0 Å². The van der Waals surface area contributed by atoms with Gasteiger partial charge in [-0.2, -0.15) is 14.9 Å². The normalized spacial score (nSPS) is 11.1. The van der Waals surface area contributed by atoms with Crippen molar-refractivity contribution in [3.63, 3.8) is 0 Å². The van der Waals surface area contributed by atoms with E-state index in [1.807, 2.05) is 48.5 Å². The fraction of sp³-hybridized carbons (Fsp3) is 0. The van der Waals surface area contributed by atoms with Crippen LogP contribution in [0.15, 0.2) is 84.1 Å². The number of hydrogen-bond acceptors (Lipinski definition) is 4. The first-order chi connectivity index (χ1) is 12.8. The van der Waals surface area contributed by atoms with Gasteiger partial charge in [0.25, 0.3) is 0 Å². The molecule has 0 aliphatic rings. The van der Waals surface area contributed by atoms with Crippen molar-refractivity contribution in [2.24, 2.45) is 5.10 Å². The molecule has 4 aromatic rings. The molecule has 0 fully saturated rings. The molecule has 2 aromatic carbocycles. The summed E-state index contributed by atoms with van der Waals surface area (Å²) in [5, 5.41) is 11.5. The second-order valence-corrected chi connectivity index (χ2v) is 6.00. The van der Waals surface area contributed by atoms with Crippen molar-refractivity contribution in [3.05, 3.63) is 89.3 Å². The number of hydrogen-bond donors (Lipinski definition) is 1. The molecular formula is C20H15N5S. The van der Waals surface area contributed by atoms with Gasteiger partial charge in [-0.05, 0) is 41.0 Å². The molecule has 5 nitrogen and oxygen atoms in total. The minimum atomic E-state index is 0.419. The van der Waals surface area contributed by atoms with Gasteiger partial charge >= 0.3 is 0 Å². The largest absolute Gasteiger partial charge is 0.253 e. The van der Waals surface area contributed by atoms with Crippen LogP contribution in [-0.4, -0.2) is 26.1 Å². The molecule has 0 unspecified atom stereocenters. The minimum absolute atomic E-state index is 0.419. The molecule has 0 aliphatic carbocycles. The average Bonchev–Trinajstić information content (AvgIpc) is 3.08. The van der Waals surface area contributed by atoms with E-state index in [4.69, 9.17) is 12.2 Å². The fourth-order valence-electron chi connectivity index (χ4n) is 2.58. The van der Waals surface area contributed by atoms with E-state index in [-0.39, 0.29) is 0 Å². The van der Waals surface area contributed by atoms with Crippen molar-refractivity contribution >= 4 is 18.4 Å². The van der Waals surface area contributed by atoms with E-state index in [0.717, 1.165) is 11.1 Å². The molecule has 1 N–H and O–H groups in total. The van der Waals surface area contributed by atoms with Gasteiger partial charge in [-0.1, -0.05) is 60.7 Å². The highest BCUT2D eigenvalue weighted by Crippen LogP contribution is 2.19. The monoisotopic (exact) mass is 357 g/mol. The lowest BCUT2D eigenvalue weighted by molar-refractivity contribution is 0.867. The Morgan fingerprint density at radius 3 is 2.35 bits per heavy atom. The number of aromatic nitrogens is 4. The van der Waals surface area contributed by atoms with Crippen LogP contribution in [-0.2, 0) is 0 Å². The van der Waals surface area contributed by atoms with Gasteiger partial charge in [0.1, 0.15) is 5.69 Å². The Balaban J connectivity index is 1.61. The topological polar surface area (TPSA) is 58.9 Å². The van der Waals surface area contributed by atoms with Gasteiger partial charge in [-0.15, -0.1) is 0 Å². The zero-order chi connectivity index (χ0) is 17.8. The Morgan fingerprint density at radius 1 is 0.885 bits per heavy atom. The molecule has 0 amide bonds. The number of nitrogens with zero attached hydrogens (tertiary/aromatic N) is 4. The van der Waals surface area contributed by atoms with Crippen LogP contribution in [0.25, 0.3) is 22.6 Å². The molecular weight excluding hydrogens is 342 g/mol. The van der Waals surface area contributed by atoms with E-state index in [1.165, 1.54) is 5.56 Å². The molecule has 126 valence electrons. The molecule has 2 aromatic heterocycles.